The van der Waals surface area contributed by atoms with E-state index in [0.717, 1.165) is 5.56 Å². The maximum absolute atomic E-state index is 11.9. The van der Waals surface area contributed by atoms with Crippen LogP contribution in [0.1, 0.15) is 17.4 Å². The van der Waals surface area contributed by atoms with E-state index in [2.05, 4.69) is 5.10 Å². The largest absolute Gasteiger partial charge is 0.493 e. The second kappa shape index (κ2) is 7.04. The number of aromatic nitrogens is 2. The summed E-state index contributed by atoms with van der Waals surface area (Å²) < 4.78 is 22.5. The third kappa shape index (κ3) is 3.23. The van der Waals surface area contributed by atoms with Crippen LogP contribution in [0.15, 0.2) is 18.2 Å². The van der Waals surface area contributed by atoms with E-state index in [1.165, 1.54) is 4.68 Å². The van der Waals surface area contributed by atoms with Crippen molar-refractivity contribution >= 4 is 5.97 Å². The monoisotopic (exact) mass is 320 g/mol. The van der Waals surface area contributed by atoms with E-state index in [4.69, 9.17) is 18.9 Å². The molecule has 0 fully saturated rings. The molecule has 0 N–H and O–H groups in total. The molecule has 1 aromatic heterocycles. The van der Waals surface area contributed by atoms with Gasteiger partial charge in [0.1, 0.15) is 5.69 Å². The first-order valence-electron chi connectivity index (χ1n) is 7.07. The molecule has 0 saturated heterocycles. The van der Waals surface area contributed by atoms with Gasteiger partial charge in [-0.1, -0.05) is 0 Å². The molecule has 0 aliphatic rings. The highest BCUT2D eigenvalue weighted by Crippen LogP contribution is 2.40. The minimum atomic E-state index is -0.416. The molecule has 0 atom stereocenters. The minimum Gasteiger partial charge on any atom is -0.493 e. The number of carbonyl (C=O) groups is 1. The Morgan fingerprint density at radius 3 is 2.17 bits per heavy atom. The molecule has 0 amide bonds. The molecule has 124 valence electrons. The van der Waals surface area contributed by atoms with Crippen molar-refractivity contribution in [2.75, 3.05) is 27.9 Å². The van der Waals surface area contributed by atoms with Crippen LogP contribution in [0.25, 0.3) is 11.3 Å². The molecule has 0 spiro atoms. The second-order valence-electron chi connectivity index (χ2n) is 4.67. The van der Waals surface area contributed by atoms with E-state index in [9.17, 15) is 4.79 Å². The molecule has 2 rings (SSSR count). The van der Waals surface area contributed by atoms with Crippen molar-refractivity contribution in [1.82, 2.24) is 9.78 Å². The van der Waals surface area contributed by atoms with Crippen molar-refractivity contribution in [2.45, 2.75) is 6.92 Å². The fourth-order valence-corrected chi connectivity index (χ4v) is 2.23. The summed E-state index contributed by atoms with van der Waals surface area (Å²) in [6.45, 7) is 2.07. The van der Waals surface area contributed by atoms with Gasteiger partial charge >= 0.3 is 5.97 Å². The normalized spacial score (nSPS) is 10.3. The average Bonchev–Trinajstić information content (AvgIpc) is 2.95. The zero-order chi connectivity index (χ0) is 17.0. The highest BCUT2D eigenvalue weighted by Gasteiger charge is 2.19. The predicted molar refractivity (Wildman–Crippen MR) is 84.3 cm³/mol. The molecule has 0 unspecified atom stereocenters. The highest BCUT2D eigenvalue weighted by atomic mass is 16.5. The fraction of sp³-hybridized carbons (Fsp3) is 0.375. The molecule has 23 heavy (non-hydrogen) atoms. The van der Waals surface area contributed by atoms with E-state index in [-0.39, 0.29) is 0 Å². The van der Waals surface area contributed by atoms with E-state index < -0.39 is 5.97 Å². The number of ether oxygens (including phenoxy) is 4. The molecule has 0 saturated carbocycles. The molecule has 7 heteroatoms. The summed E-state index contributed by atoms with van der Waals surface area (Å²) in [7, 11) is 6.32. The number of nitrogens with zero attached hydrogens (tertiary/aromatic N) is 2. The Kier molecular flexibility index (Phi) is 5.10. The number of hydrogen-bond acceptors (Lipinski definition) is 6. The van der Waals surface area contributed by atoms with Gasteiger partial charge < -0.3 is 18.9 Å². The Balaban J connectivity index is 2.50. The fourth-order valence-electron chi connectivity index (χ4n) is 2.23. The molecular weight excluding hydrogens is 300 g/mol. The molecule has 0 aliphatic carbocycles. The standard InChI is InChI=1S/C16H20N2O5/c1-6-23-16(19)12-9-11(17-18(12)2)10-7-13(20-3)15(22-5)14(8-10)21-4/h7-9H,6H2,1-5H3. The number of carbonyl (C=O) groups excluding carboxylic acids is 1. The van der Waals surface area contributed by atoms with Crippen molar-refractivity contribution < 1.29 is 23.7 Å². The van der Waals surface area contributed by atoms with Crippen molar-refractivity contribution in [1.29, 1.82) is 0 Å². The van der Waals surface area contributed by atoms with Gasteiger partial charge in [-0.3, -0.25) is 4.68 Å². The van der Waals surface area contributed by atoms with E-state index in [1.54, 1.807) is 53.5 Å². The summed E-state index contributed by atoms with van der Waals surface area (Å²) in [5, 5.41) is 4.35. The molecule has 1 aromatic carbocycles. The summed E-state index contributed by atoms with van der Waals surface area (Å²) in [5.74, 6) is 1.12. The zero-order valence-electron chi connectivity index (χ0n) is 13.9. The van der Waals surface area contributed by atoms with Gasteiger partial charge in [0.05, 0.1) is 33.6 Å². The first kappa shape index (κ1) is 16.7. The molecule has 1 heterocycles. The maximum atomic E-state index is 11.9. The molecule has 0 bridgehead atoms. The van der Waals surface area contributed by atoms with Crippen LogP contribution in [-0.2, 0) is 11.8 Å². The Morgan fingerprint density at radius 2 is 1.70 bits per heavy atom. The minimum absolute atomic E-state index is 0.309. The topological polar surface area (TPSA) is 71.8 Å². The van der Waals surface area contributed by atoms with Gasteiger partial charge in [-0.25, -0.2) is 4.79 Å². The third-order valence-electron chi connectivity index (χ3n) is 3.32. The molecule has 2 aromatic rings. The summed E-state index contributed by atoms with van der Waals surface area (Å²) in [5.41, 5.74) is 1.72. The summed E-state index contributed by atoms with van der Waals surface area (Å²) in [4.78, 5) is 11.9. The van der Waals surface area contributed by atoms with Gasteiger partial charge in [-0.2, -0.15) is 5.10 Å². The van der Waals surface area contributed by atoms with Gasteiger partial charge in [-0.15, -0.1) is 0 Å². The molecule has 7 nitrogen and oxygen atoms in total. The van der Waals surface area contributed by atoms with Gasteiger partial charge in [0.25, 0.3) is 0 Å². The number of rotatable bonds is 6. The van der Waals surface area contributed by atoms with Crippen LogP contribution in [0, 0.1) is 0 Å². The lowest BCUT2D eigenvalue weighted by atomic mass is 10.1. The lowest BCUT2D eigenvalue weighted by Gasteiger charge is -2.13. The zero-order valence-corrected chi connectivity index (χ0v) is 13.9. The lowest BCUT2D eigenvalue weighted by Crippen LogP contribution is -2.10. The van der Waals surface area contributed by atoms with Crippen molar-refractivity contribution in [3.05, 3.63) is 23.9 Å². The first-order chi connectivity index (χ1) is 11.0. The van der Waals surface area contributed by atoms with Crippen LogP contribution in [0.4, 0.5) is 0 Å². The van der Waals surface area contributed by atoms with E-state index in [1.807, 2.05) is 0 Å². The quantitative estimate of drug-likeness (QED) is 0.761. The van der Waals surface area contributed by atoms with Crippen molar-refractivity contribution in [3.63, 3.8) is 0 Å². The van der Waals surface area contributed by atoms with Crippen molar-refractivity contribution in [3.8, 4) is 28.5 Å². The summed E-state index contributed by atoms with van der Waals surface area (Å²) in [6.07, 6.45) is 0. The SMILES string of the molecule is CCOC(=O)c1cc(-c2cc(OC)c(OC)c(OC)c2)nn1C. The smallest absolute Gasteiger partial charge is 0.356 e. The van der Waals surface area contributed by atoms with Gasteiger partial charge in [-0.05, 0) is 25.1 Å². The molecule has 0 radical (unpaired) electrons. The average molecular weight is 320 g/mol. The van der Waals surface area contributed by atoms with Crippen LogP contribution in [0.2, 0.25) is 0 Å². The van der Waals surface area contributed by atoms with Gasteiger partial charge in [0.2, 0.25) is 5.75 Å². The molecule has 0 aliphatic heterocycles. The number of esters is 1. The lowest BCUT2D eigenvalue weighted by molar-refractivity contribution is 0.0513. The van der Waals surface area contributed by atoms with Crippen LogP contribution >= 0.6 is 0 Å². The second-order valence-corrected chi connectivity index (χ2v) is 4.67. The van der Waals surface area contributed by atoms with Crippen LogP contribution in [0.5, 0.6) is 17.2 Å². The highest BCUT2D eigenvalue weighted by molar-refractivity contribution is 5.89. The first-order valence-corrected chi connectivity index (χ1v) is 7.07. The Labute approximate surface area is 134 Å². The van der Waals surface area contributed by atoms with Gasteiger partial charge in [0, 0.05) is 12.6 Å². The van der Waals surface area contributed by atoms with Crippen LogP contribution in [-0.4, -0.2) is 43.7 Å². The number of aryl methyl sites for hydroxylation is 1. The number of hydrogen-bond donors (Lipinski definition) is 0. The Morgan fingerprint density at radius 1 is 1.09 bits per heavy atom. The molecular formula is C16H20N2O5. The maximum Gasteiger partial charge on any atom is 0.356 e. The van der Waals surface area contributed by atoms with Crippen LogP contribution < -0.4 is 14.2 Å². The van der Waals surface area contributed by atoms with Crippen molar-refractivity contribution in [2.24, 2.45) is 7.05 Å². The van der Waals surface area contributed by atoms with E-state index in [0.29, 0.717) is 35.2 Å². The Hall–Kier alpha value is -2.70. The predicted octanol–water partition coefficient (Wildman–Crippen LogP) is 2.29. The summed E-state index contributed by atoms with van der Waals surface area (Å²) in [6, 6.07) is 5.22. The number of methoxy groups -OCH3 is 3. The van der Waals surface area contributed by atoms with E-state index >= 15 is 0 Å². The third-order valence-corrected chi connectivity index (χ3v) is 3.32. The Bertz CT molecular complexity index is 683. The van der Waals surface area contributed by atoms with Crippen LogP contribution in [0.3, 0.4) is 0 Å². The van der Waals surface area contributed by atoms with Gasteiger partial charge in [0.15, 0.2) is 11.5 Å². The summed E-state index contributed by atoms with van der Waals surface area (Å²) >= 11 is 0. The number of benzene rings is 1.